The fourth-order valence-corrected chi connectivity index (χ4v) is 4.07. The van der Waals surface area contributed by atoms with E-state index in [1.165, 1.54) is 28.8 Å². The van der Waals surface area contributed by atoms with Crippen LogP contribution in [0.1, 0.15) is 16.1 Å². The molecule has 0 saturated carbocycles. The number of carboxylic acid groups (broad SMARTS) is 1. The standard InChI is InChI=1S/C22H14Cl2N2O4S/c1-26-20(27)19(31-22(26)25-14-5-2-12(3-6-14)21(28)29)11-15-7-9-18(30-15)13-4-8-16(23)17(24)10-13/h2-11H,1H3,(H,28,29). The molecule has 0 unspecified atom stereocenters. The normalized spacial score (nSPS) is 16.5. The summed E-state index contributed by atoms with van der Waals surface area (Å²) < 4.78 is 5.84. The highest BCUT2D eigenvalue weighted by atomic mass is 35.5. The monoisotopic (exact) mass is 472 g/mol. The molecule has 2 aromatic carbocycles. The first-order valence-corrected chi connectivity index (χ1v) is 10.5. The summed E-state index contributed by atoms with van der Waals surface area (Å²) in [5.41, 5.74) is 1.49. The molecule has 0 spiro atoms. The fourth-order valence-electron chi connectivity index (χ4n) is 2.80. The van der Waals surface area contributed by atoms with E-state index in [2.05, 4.69) is 4.99 Å². The zero-order valence-corrected chi connectivity index (χ0v) is 18.3. The molecule has 0 bridgehead atoms. The van der Waals surface area contributed by atoms with E-state index in [1.54, 1.807) is 55.6 Å². The molecule has 156 valence electrons. The average molecular weight is 473 g/mol. The lowest BCUT2D eigenvalue weighted by Gasteiger charge is -2.07. The van der Waals surface area contributed by atoms with Gasteiger partial charge in [0, 0.05) is 18.7 Å². The molecule has 1 amide bonds. The van der Waals surface area contributed by atoms with Gasteiger partial charge in [-0.1, -0.05) is 23.2 Å². The topological polar surface area (TPSA) is 83.1 Å². The van der Waals surface area contributed by atoms with Gasteiger partial charge < -0.3 is 9.52 Å². The van der Waals surface area contributed by atoms with E-state index < -0.39 is 5.97 Å². The molecule has 3 aromatic rings. The summed E-state index contributed by atoms with van der Waals surface area (Å²) in [6.45, 7) is 0. The first-order valence-electron chi connectivity index (χ1n) is 8.97. The maximum Gasteiger partial charge on any atom is 0.335 e. The van der Waals surface area contributed by atoms with Crippen molar-refractivity contribution in [2.24, 2.45) is 4.99 Å². The van der Waals surface area contributed by atoms with Crippen molar-refractivity contribution in [3.05, 3.63) is 80.9 Å². The Balaban J connectivity index is 1.56. The highest BCUT2D eigenvalue weighted by Crippen LogP contribution is 2.35. The Morgan fingerprint density at radius 2 is 1.84 bits per heavy atom. The molecule has 9 heteroatoms. The highest BCUT2D eigenvalue weighted by Gasteiger charge is 2.30. The van der Waals surface area contributed by atoms with Crippen molar-refractivity contribution in [1.82, 2.24) is 4.90 Å². The Bertz CT molecular complexity index is 1250. The minimum atomic E-state index is -1.01. The number of carbonyl (C=O) groups is 2. The molecule has 0 atom stereocenters. The van der Waals surface area contributed by atoms with Crippen LogP contribution in [0.25, 0.3) is 17.4 Å². The van der Waals surface area contributed by atoms with Crippen LogP contribution < -0.4 is 0 Å². The second-order valence-electron chi connectivity index (χ2n) is 6.55. The van der Waals surface area contributed by atoms with Crippen molar-refractivity contribution >= 4 is 63.8 Å². The van der Waals surface area contributed by atoms with E-state index in [0.29, 0.717) is 37.3 Å². The number of thioether (sulfide) groups is 1. The van der Waals surface area contributed by atoms with Crippen molar-refractivity contribution in [2.45, 2.75) is 0 Å². The number of aliphatic imine (C=N–C) groups is 1. The Hall–Kier alpha value is -3.00. The van der Waals surface area contributed by atoms with Crippen LogP contribution in [0.4, 0.5) is 5.69 Å². The van der Waals surface area contributed by atoms with Crippen molar-refractivity contribution < 1.29 is 19.1 Å². The van der Waals surface area contributed by atoms with Crippen LogP contribution in [-0.2, 0) is 4.79 Å². The molecule has 1 fully saturated rings. The molecular weight excluding hydrogens is 459 g/mol. The van der Waals surface area contributed by atoms with Crippen LogP contribution in [0.15, 0.2) is 68.9 Å². The van der Waals surface area contributed by atoms with Gasteiger partial charge in [-0.2, -0.15) is 0 Å². The van der Waals surface area contributed by atoms with Crippen molar-refractivity contribution in [2.75, 3.05) is 7.05 Å². The zero-order chi connectivity index (χ0) is 22.1. The summed E-state index contributed by atoms with van der Waals surface area (Å²) in [5.74, 6) is -0.108. The Morgan fingerprint density at radius 1 is 1.10 bits per heavy atom. The second kappa shape index (κ2) is 8.63. The van der Waals surface area contributed by atoms with E-state index in [4.69, 9.17) is 32.7 Å². The third-order valence-electron chi connectivity index (χ3n) is 4.45. The number of amides is 1. The van der Waals surface area contributed by atoms with Crippen molar-refractivity contribution in [3.8, 4) is 11.3 Å². The number of carbonyl (C=O) groups excluding carboxylic acids is 1. The number of nitrogens with zero attached hydrogens (tertiary/aromatic N) is 2. The summed E-state index contributed by atoms with van der Waals surface area (Å²) in [5, 5.41) is 10.4. The van der Waals surface area contributed by atoms with E-state index in [0.717, 1.165) is 5.56 Å². The van der Waals surface area contributed by atoms with E-state index >= 15 is 0 Å². The Morgan fingerprint density at radius 3 is 2.52 bits per heavy atom. The number of amidine groups is 1. The lowest BCUT2D eigenvalue weighted by molar-refractivity contribution is -0.121. The molecule has 4 rings (SSSR count). The van der Waals surface area contributed by atoms with Crippen LogP contribution in [0.3, 0.4) is 0 Å². The molecule has 31 heavy (non-hydrogen) atoms. The number of carboxylic acids is 1. The van der Waals surface area contributed by atoms with Gasteiger partial charge >= 0.3 is 5.97 Å². The maximum absolute atomic E-state index is 12.6. The minimum absolute atomic E-state index is 0.170. The third-order valence-corrected chi connectivity index (χ3v) is 6.25. The molecule has 1 aliphatic heterocycles. The second-order valence-corrected chi connectivity index (χ2v) is 8.38. The van der Waals surface area contributed by atoms with Gasteiger partial charge in [0.25, 0.3) is 5.91 Å². The van der Waals surface area contributed by atoms with Gasteiger partial charge in [0.2, 0.25) is 0 Å². The number of benzene rings is 2. The number of furan rings is 1. The van der Waals surface area contributed by atoms with Gasteiger partial charge in [-0.15, -0.1) is 0 Å². The quantitative estimate of drug-likeness (QED) is 0.457. The molecule has 1 aliphatic rings. The van der Waals surface area contributed by atoms with Gasteiger partial charge in [0.15, 0.2) is 5.17 Å². The lowest BCUT2D eigenvalue weighted by Crippen LogP contribution is -2.23. The molecule has 0 aliphatic carbocycles. The summed E-state index contributed by atoms with van der Waals surface area (Å²) >= 11 is 13.2. The third kappa shape index (κ3) is 4.54. The van der Waals surface area contributed by atoms with Crippen LogP contribution in [0.2, 0.25) is 10.0 Å². The smallest absolute Gasteiger partial charge is 0.335 e. The van der Waals surface area contributed by atoms with Crippen molar-refractivity contribution in [1.29, 1.82) is 0 Å². The predicted octanol–water partition coefficient (Wildman–Crippen LogP) is 6.19. The van der Waals surface area contributed by atoms with Gasteiger partial charge in [-0.3, -0.25) is 9.69 Å². The fraction of sp³-hybridized carbons (Fsp3) is 0.0455. The molecule has 2 heterocycles. The van der Waals surface area contributed by atoms with Crippen molar-refractivity contribution in [3.63, 3.8) is 0 Å². The van der Waals surface area contributed by atoms with Gasteiger partial charge in [-0.25, -0.2) is 9.79 Å². The number of rotatable bonds is 4. The summed E-state index contributed by atoms with van der Waals surface area (Å²) in [4.78, 5) is 29.9. The summed E-state index contributed by atoms with van der Waals surface area (Å²) in [6, 6.07) is 14.9. The Labute approximate surface area is 191 Å². The highest BCUT2D eigenvalue weighted by molar-refractivity contribution is 8.18. The predicted molar refractivity (Wildman–Crippen MR) is 123 cm³/mol. The molecule has 1 N–H and O–H groups in total. The first kappa shape index (κ1) is 21.2. The molecule has 0 radical (unpaired) electrons. The van der Waals surface area contributed by atoms with Gasteiger partial charge in [0.1, 0.15) is 11.5 Å². The van der Waals surface area contributed by atoms with E-state index in [-0.39, 0.29) is 11.5 Å². The largest absolute Gasteiger partial charge is 0.478 e. The van der Waals surface area contributed by atoms with Crippen LogP contribution in [0, 0.1) is 0 Å². The van der Waals surface area contributed by atoms with E-state index in [1.807, 2.05) is 0 Å². The average Bonchev–Trinajstić information content (AvgIpc) is 3.31. The number of likely N-dealkylation sites (N-methyl/N-ethyl adjacent to an activating group) is 1. The van der Waals surface area contributed by atoms with Crippen LogP contribution >= 0.6 is 35.0 Å². The molecule has 6 nitrogen and oxygen atoms in total. The lowest BCUT2D eigenvalue weighted by atomic mass is 10.2. The molecular formula is C22H14Cl2N2O4S. The number of hydrogen-bond donors (Lipinski definition) is 1. The summed E-state index contributed by atoms with van der Waals surface area (Å²) in [7, 11) is 1.63. The van der Waals surface area contributed by atoms with Crippen LogP contribution in [0.5, 0.6) is 0 Å². The van der Waals surface area contributed by atoms with Gasteiger partial charge in [-0.05, 0) is 66.4 Å². The zero-order valence-electron chi connectivity index (χ0n) is 16.0. The summed E-state index contributed by atoms with van der Waals surface area (Å²) in [6.07, 6.45) is 1.65. The SMILES string of the molecule is CN1C(=O)C(=Cc2ccc(-c3ccc(Cl)c(Cl)c3)o2)SC1=Nc1ccc(C(=O)O)cc1. The number of halogens is 2. The number of aromatic carboxylic acids is 1. The Kier molecular flexibility index (Phi) is 5.91. The maximum atomic E-state index is 12.6. The van der Waals surface area contributed by atoms with E-state index in [9.17, 15) is 9.59 Å². The minimum Gasteiger partial charge on any atom is -0.478 e. The van der Waals surface area contributed by atoms with Crippen LogP contribution in [-0.4, -0.2) is 34.1 Å². The molecule has 1 saturated heterocycles. The number of hydrogen-bond acceptors (Lipinski definition) is 5. The van der Waals surface area contributed by atoms with Gasteiger partial charge in [0.05, 0.1) is 26.2 Å². The molecule has 1 aromatic heterocycles. The first-order chi connectivity index (χ1) is 14.8.